The van der Waals surface area contributed by atoms with Gasteiger partial charge in [0, 0.05) is 17.8 Å². The van der Waals surface area contributed by atoms with Crippen LogP contribution in [-0.4, -0.2) is 17.2 Å². The van der Waals surface area contributed by atoms with Crippen LogP contribution in [0.3, 0.4) is 0 Å². The molecule has 0 bridgehead atoms. The van der Waals surface area contributed by atoms with Crippen LogP contribution in [0.4, 0.5) is 0 Å². The summed E-state index contributed by atoms with van der Waals surface area (Å²) in [5.74, 6) is 0.554. The van der Waals surface area contributed by atoms with Gasteiger partial charge in [-0.05, 0) is 19.9 Å². The van der Waals surface area contributed by atoms with E-state index in [1.165, 1.54) is 0 Å². The Morgan fingerprint density at radius 2 is 2.21 bits per heavy atom. The van der Waals surface area contributed by atoms with Gasteiger partial charge >= 0.3 is 0 Å². The molecule has 14 heavy (non-hydrogen) atoms. The number of allylic oxidation sites excluding steroid dienone is 1. The molecule has 3 nitrogen and oxygen atoms in total. The fourth-order valence-electron chi connectivity index (χ4n) is 1.10. The second-order valence-corrected chi connectivity index (χ2v) is 3.32. The van der Waals surface area contributed by atoms with Gasteiger partial charge in [-0.2, -0.15) is 0 Å². The highest BCUT2D eigenvalue weighted by atomic mass is 16.5. The summed E-state index contributed by atoms with van der Waals surface area (Å²) in [5.41, 5.74) is 1.85. The molecule has 0 saturated heterocycles. The van der Waals surface area contributed by atoms with Crippen molar-refractivity contribution in [1.29, 1.82) is 0 Å². The first-order chi connectivity index (χ1) is 6.63. The van der Waals surface area contributed by atoms with Crippen molar-refractivity contribution >= 4 is 0 Å². The highest BCUT2D eigenvalue weighted by Crippen LogP contribution is 2.16. The molecule has 1 heterocycles. The quantitative estimate of drug-likeness (QED) is 0.747. The predicted molar refractivity (Wildman–Crippen MR) is 55.2 cm³/mol. The van der Waals surface area contributed by atoms with Gasteiger partial charge in [-0.25, -0.2) is 4.98 Å². The third-order valence-electron chi connectivity index (χ3n) is 1.80. The van der Waals surface area contributed by atoms with Gasteiger partial charge in [0.1, 0.15) is 0 Å². The first-order valence-electron chi connectivity index (χ1n) is 4.46. The van der Waals surface area contributed by atoms with Crippen LogP contribution in [0.5, 0.6) is 5.88 Å². The van der Waals surface area contributed by atoms with Crippen LogP contribution in [0.1, 0.15) is 25.5 Å². The van der Waals surface area contributed by atoms with E-state index in [1.807, 2.05) is 13.8 Å². The SMILES string of the molecule is COc1ccc(C(O)C=C(C)C)cn1. The third kappa shape index (κ3) is 2.85. The molecule has 0 aliphatic carbocycles. The molecule has 3 heteroatoms. The van der Waals surface area contributed by atoms with Crippen LogP contribution in [0.15, 0.2) is 30.0 Å². The predicted octanol–water partition coefficient (Wildman–Crippen LogP) is 2.09. The van der Waals surface area contributed by atoms with Crippen molar-refractivity contribution in [3.8, 4) is 5.88 Å². The van der Waals surface area contributed by atoms with E-state index in [4.69, 9.17) is 4.74 Å². The second-order valence-electron chi connectivity index (χ2n) is 3.32. The molecule has 1 N–H and O–H groups in total. The molecule has 1 atom stereocenters. The maximum absolute atomic E-state index is 9.70. The van der Waals surface area contributed by atoms with Gasteiger partial charge in [-0.15, -0.1) is 0 Å². The van der Waals surface area contributed by atoms with Crippen molar-refractivity contribution in [3.05, 3.63) is 35.5 Å². The Labute approximate surface area is 84.1 Å². The zero-order valence-corrected chi connectivity index (χ0v) is 8.69. The number of hydrogen-bond donors (Lipinski definition) is 1. The van der Waals surface area contributed by atoms with Gasteiger partial charge in [0.2, 0.25) is 5.88 Å². The van der Waals surface area contributed by atoms with Crippen LogP contribution < -0.4 is 4.74 Å². The van der Waals surface area contributed by atoms with Crippen LogP contribution in [-0.2, 0) is 0 Å². The fourth-order valence-corrected chi connectivity index (χ4v) is 1.10. The summed E-state index contributed by atoms with van der Waals surface area (Å²) >= 11 is 0. The van der Waals surface area contributed by atoms with Gasteiger partial charge in [-0.1, -0.05) is 11.6 Å². The molecule has 0 saturated carbocycles. The van der Waals surface area contributed by atoms with Crippen LogP contribution in [0, 0.1) is 0 Å². The van der Waals surface area contributed by atoms with Crippen molar-refractivity contribution in [1.82, 2.24) is 4.98 Å². The molecular weight excluding hydrogens is 178 g/mol. The number of hydrogen-bond acceptors (Lipinski definition) is 3. The van der Waals surface area contributed by atoms with Gasteiger partial charge in [0.05, 0.1) is 13.2 Å². The minimum atomic E-state index is -0.585. The topological polar surface area (TPSA) is 42.4 Å². The number of ether oxygens (including phenoxy) is 1. The summed E-state index contributed by atoms with van der Waals surface area (Å²) in [6.07, 6.45) is 2.81. The second kappa shape index (κ2) is 4.77. The third-order valence-corrected chi connectivity index (χ3v) is 1.80. The average Bonchev–Trinajstić information content (AvgIpc) is 2.17. The molecule has 76 valence electrons. The smallest absolute Gasteiger partial charge is 0.212 e. The normalized spacial score (nSPS) is 12.0. The van der Waals surface area contributed by atoms with E-state index in [9.17, 15) is 5.11 Å². The minimum absolute atomic E-state index is 0.554. The Morgan fingerprint density at radius 3 is 2.64 bits per heavy atom. The highest BCUT2D eigenvalue weighted by Gasteiger charge is 2.04. The maximum Gasteiger partial charge on any atom is 0.212 e. The molecule has 0 radical (unpaired) electrons. The number of nitrogens with zero attached hydrogens (tertiary/aromatic N) is 1. The standard InChI is InChI=1S/C11H15NO2/c1-8(2)6-10(13)9-4-5-11(14-3)12-7-9/h4-7,10,13H,1-3H3. The number of pyridine rings is 1. The largest absolute Gasteiger partial charge is 0.481 e. The number of aliphatic hydroxyl groups excluding tert-OH is 1. The summed E-state index contributed by atoms with van der Waals surface area (Å²) in [6, 6.07) is 3.54. The van der Waals surface area contributed by atoms with Crippen LogP contribution >= 0.6 is 0 Å². The monoisotopic (exact) mass is 193 g/mol. The molecule has 1 aromatic rings. The molecule has 0 amide bonds. The first kappa shape index (κ1) is 10.7. The Bertz CT molecular complexity index is 313. The van der Waals surface area contributed by atoms with Gasteiger partial charge in [-0.3, -0.25) is 0 Å². The molecule has 0 aliphatic rings. The van der Waals surface area contributed by atoms with E-state index < -0.39 is 6.10 Å². The summed E-state index contributed by atoms with van der Waals surface area (Å²) in [5, 5.41) is 9.70. The molecular formula is C11H15NO2. The number of aliphatic hydroxyl groups is 1. The fraction of sp³-hybridized carbons (Fsp3) is 0.364. The Kier molecular flexibility index (Phi) is 3.65. The van der Waals surface area contributed by atoms with Gasteiger partial charge < -0.3 is 9.84 Å². The zero-order valence-electron chi connectivity index (χ0n) is 8.69. The molecule has 0 fully saturated rings. The van der Waals surface area contributed by atoms with Gasteiger partial charge in [0.25, 0.3) is 0 Å². The Balaban J connectivity index is 2.81. The first-order valence-corrected chi connectivity index (χ1v) is 4.46. The van der Waals surface area contributed by atoms with Crippen molar-refractivity contribution in [2.24, 2.45) is 0 Å². The van der Waals surface area contributed by atoms with E-state index >= 15 is 0 Å². The van der Waals surface area contributed by atoms with Crippen molar-refractivity contribution in [2.75, 3.05) is 7.11 Å². The molecule has 1 unspecified atom stereocenters. The molecule has 0 spiro atoms. The zero-order chi connectivity index (χ0) is 10.6. The van der Waals surface area contributed by atoms with Crippen molar-refractivity contribution < 1.29 is 9.84 Å². The summed E-state index contributed by atoms with van der Waals surface area (Å²) in [7, 11) is 1.56. The lowest BCUT2D eigenvalue weighted by Gasteiger charge is -2.06. The van der Waals surface area contributed by atoms with E-state index in [2.05, 4.69) is 4.98 Å². The minimum Gasteiger partial charge on any atom is -0.481 e. The summed E-state index contributed by atoms with van der Waals surface area (Å²) in [6.45, 7) is 3.89. The Morgan fingerprint density at radius 1 is 1.50 bits per heavy atom. The van der Waals surface area contributed by atoms with E-state index in [1.54, 1.807) is 31.5 Å². The number of rotatable bonds is 3. The highest BCUT2D eigenvalue weighted by molar-refractivity contribution is 5.23. The summed E-state index contributed by atoms with van der Waals surface area (Å²) < 4.78 is 4.92. The average molecular weight is 193 g/mol. The van der Waals surface area contributed by atoms with Crippen LogP contribution in [0.2, 0.25) is 0 Å². The van der Waals surface area contributed by atoms with Crippen molar-refractivity contribution in [2.45, 2.75) is 20.0 Å². The van der Waals surface area contributed by atoms with E-state index in [-0.39, 0.29) is 0 Å². The van der Waals surface area contributed by atoms with Gasteiger partial charge in [0.15, 0.2) is 0 Å². The number of aromatic nitrogens is 1. The molecule has 1 aromatic heterocycles. The maximum atomic E-state index is 9.70. The molecule has 1 rings (SSSR count). The van der Waals surface area contributed by atoms with E-state index in [0.29, 0.717) is 5.88 Å². The van der Waals surface area contributed by atoms with Crippen LogP contribution in [0.25, 0.3) is 0 Å². The van der Waals surface area contributed by atoms with E-state index in [0.717, 1.165) is 11.1 Å². The van der Waals surface area contributed by atoms with Crippen molar-refractivity contribution in [3.63, 3.8) is 0 Å². The molecule has 0 aromatic carbocycles. The lowest BCUT2D eigenvalue weighted by Crippen LogP contribution is -1.95. The lowest BCUT2D eigenvalue weighted by molar-refractivity contribution is 0.227. The lowest BCUT2D eigenvalue weighted by atomic mass is 10.1. The molecule has 0 aliphatic heterocycles. The Hall–Kier alpha value is -1.35. The number of methoxy groups -OCH3 is 1. The summed E-state index contributed by atoms with van der Waals surface area (Å²) in [4.78, 5) is 4.01.